The number of H-pyrrole nitrogens is 1. The molecule has 2 aromatic heterocycles. The summed E-state index contributed by atoms with van der Waals surface area (Å²) in [6, 6.07) is 11.5. The fraction of sp³-hybridized carbons (Fsp3) is 0.320. The van der Waals surface area contributed by atoms with Crippen molar-refractivity contribution in [1.29, 1.82) is 0 Å². The molecule has 1 aliphatic heterocycles. The minimum Gasteiger partial charge on any atom is -0.497 e. The van der Waals surface area contributed by atoms with Crippen LogP contribution in [0.5, 0.6) is 5.75 Å². The average Bonchev–Trinajstić information content (AvgIpc) is 3.48. The van der Waals surface area contributed by atoms with Gasteiger partial charge in [0.15, 0.2) is 5.58 Å². The average molecular weight is 461 g/mol. The third kappa shape index (κ3) is 5.04. The largest absolute Gasteiger partial charge is 0.497 e. The van der Waals surface area contributed by atoms with Crippen LogP contribution in [0.2, 0.25) is 0 Å². The number of likely N-dealkylation sites (tertiary alicyclic amines) is 1. The van der Waals surface area contributed by atoms with Crippen LogP contribution in [-0.2, 0) is 6.42 Å². The van der Waals surface area contributed by atoms with Crippen molar-refractivity contribution in [3.63, 3.8) is 0 Å². The molecule has 0 saturated carbocycles. The molecule has 0 unspecified atom stereocenters. The van der Waals surface area contributed by atoms with Gasteiger partial charge in [0.05, 0.1) is 12.6 Å². The van der Waals surface area contributed by atoms with Crippen molar-refractivity contribution < 1.29 is 9.15 Å². The SMILES string of the molecule is COc1cc(CCN2CCCC2)cc(Nc2ncc(C)c(Nc3ccc4oc(=O)[nH]c4c3)n2)c1. The molecule has 1 fully saturated rings. The number of ether oxygens (including phenoxy) is 1. The lowest BCUT2D eigenvalue weighted by atomic mass is 10.1. The first-order valence-corrected chi connectivity index (χ1v) is 11.5. The van der Waals surface area contributed by atoms with Crippen molar-refractivity contribution in [3.05, 3.63) is 64.3 Å². The normalized spacial score (nSPS) is 13.9. The van der Waals surface area contributed by atoms with E-state index in [1.807, 2.05) is 25.1 Å². The van der Waals surface area contributed by atoms with Gasteiger partial charge in [-0.2, -0.15) is 4.98 Å². The first-order chi connectivity index (χ1) is 16.6. The number of hydrogen-bond donors (Lipinski definition) is 3. The van der Waals surface area contributed by atoms with Gasteiger partial charge in [0.2, 0.25) is 5.95 Å². The molecule has 1 saturated heterocycles. The van der Waals surface area contributed by atoms with Gasteiger partial charge in [-0.25, -0.2) is 9.78 Å². The van der Waals surface area contributed by atoms with Gasteiger partial charge in [0.1, 0.15) is 11.6 Å². The fourth-order valence-electron chi connectivity index (χ4n) is 4.21. The number of methoxy groups -OCH3 is 1. The molecule has 9 heteroatoms. The van der Waals surface area contributed by atoms with Crippen molar-refractivity contribution in [2.24, 2.45) is 0 Å². The molecule has 0 bridgehead atoms. The Hall–Kier alpha value is -3.85. The third-order valence-electron chi connectivity index (χ3n) is 6.03. The van der Waals surface area contributed by atoms with Gasteiger partial charge in [-0.3, -0.25) is 4.98 Å². The van der Waals surface area contributed by atoms with Crippen molar-refractivity contribution in [2.75, 3.05) is 37.4 Å². The maximum absolute atomic E-state index is 11.4. The van der Waals surface area contributed by atoms with Crippen molar-refractivity contribution in [3.8, 4) is 5.75 Å². The molecule has 176 valence electrons. The predicted molar refractivity (Wildman–Crippen MR) is 133 cm³/mol. The Bertz CT molecular complexity index is 1360. The summed E-state index contributed by atoms with van der Waals surface area (Å²) in [6.07, 6.45) is 5.32. The van der Waals surface area contributed by atoms with E-state index in [9.17, 15) is 4.79 Å². The number of oxazole rings is 1. The van der Waals surface area contributed by atoms with Gasteiger partial charge in [-0.15, -0.1) is 0 Å². The van der Waals surface area contributed by atoms with Crippen LogP contribution < -0.4 is 21.1 Å². The van der Waals surface area contributed by atoms with Crippen LogP contribution in [0.25, 0.3) is 11.1 Å². The van der Waals surface area contributed by atoms with Gasteiger partial charge < -0.3 is 24.7 Å². The zero-order valence-electron chi connectivity index (χ0n) is 19.4. The summed E-state index contributed by atoms with van der Waals surface area (Å²) < 4.78 is 10.6. The van der Waals surface area contributed by atoms with E-state index in [-0.39, 0.29) is 0 Å². The maximum Gasteiger partial charge on any atom is 0.417 e. The van der Waals surface area contributed by atoms with E-state index in [4.69, 9.17) is 9.15 Å². The first-order valence-electron chi connectivity index (χ1n) is 11.5. The maximum atomic E-state index is 11.4. The molecule has 0 spiro atoms. The summed E-state index contributed by atoms with van der Waals surface area (Å²) in [5, 5.41) is 6.62. The molecule has 1 aliphatic rings. The highest BCUT2D eigenvalue weighted by molar-refractivity contribution is 5.78. The molecule has 9 nitrogen and oxygen atoms in total. The number of benzene rings is 2. The molecule has 0 atom stereocenters. The van der Waals surface area contributed by atoms with Crippen LogP contribution >= 0.6 is 0 Å². The van der Waals surface area contributed by atoms with E-state index in [1.54, 1.807) is 19.4 Å². The molecule has 3 N–H and O–H groups in total. The molecule has 34 heavy (non-hydrogen) atoms. The second-order valence-electron chi connectivity index (χ2n) is 8.57. The predicted octanol–water partition coefficient (Wildman–Crippen LogP) is 4.35. The van der Waals surface area contributed by atoms with E-state index in [0.29, 0.717) is 22.9 Å². The van der Waals surface area contributed by atoms with E-state index >= 15 is 0 Å². The van der Waals surface area contributed by atoms with Gasteiger partial charge in [-0.05, 0) is 75.2 Å². The number of anilines is 4. The third-order valence-corrected chi connectivity index (χ3v) is 6.03. The monoisotopic (exact) mass is 460 g/mol. The molecule has 0 radical (unpaired) electrons. The minimum absolute atomic E-state index is 0.477. The molecule has 0 amide bonds. The highest BCUT2D eigenvalue weighted by Gasteiger charge is 2.12. The lowest BCUT2D eigenvalue weighted by Gasteiger charge is -2.16. The smallest absolute Gasteiger partial charge is 0.417 e. The van der Waals surface area contributed by atoms with Crippen molar-refractivity contribution in [1.82, 2.24) is 19.9 Å². The van der Waals surface area contributed by atoms with Gasteiger partial charge in [-0.1, -0.05) is 0 Å². The fourth-order valence-corrected chi connectivity index (χ4v) is 4.21. The van der Waals surface area contributed by atoms with Crippen LogP contribution in [0.15, 0.2) is 51.8 Å². The summed E-state index contributed by atoms with van der Waals surface area (Å²) in [4.78, 5) is 25.7. The summed E-state index contributed by atoms with van der Waals surface area (Å²) in [6.45, 7) is 5.36. The lowest BCUT2D eigenvalue weighted by molar-refractivity contribution is 0.343. The van der Waals surface area contributed by atoms with Gasteiger partial charge >= 0.3 is 5.76 Å². The van der Waals surface area contributed by atoms with E-state index in [0.717, 1.165) is 35.7 Å². The summed E-state index contributed by atoms with van der Waals surface area (Å²) in [5.41, 5.74) is 4.89. The number of aryl methyl sites for hydroxylation is 1. The standard InChI is InChI=1S/C25H28N6O3/c1-16-15-26-24(30-23(16)27-18-5-6-22-21(14-18)29-25(32)34-22)28-19-11-17(12-20(13-19)33-2)7-10-31-8-3-4-9-31/h5-6,11-15H,3-4,7-10H2,1-2H3,(H,29,32)(H2,26,27,28,30). The molecule has 5 rings (SSSR count). The molecule has 2 aromatic carbocycles. The number of fused-ring (bicyclic) bond motifs is 1. The van der Waals surface area contributed by atoms with Crippen LogP contribution in [0, 0.1) is 6.92 Å². The minimum atomic E-state index is -0.477. The Morgan fingerprint density at radius 2 is 1.97 bits per heavy atom. The van der Waals surface area contributed by atoms with Crippen LogP contribution in [-0.4, -0.2) is 46.6 Å². The second kappa shape index (κ2) is 9.56. The van der Waals surface area contributed by atoms with Gasteiger partial charge in [0, 0.05) is 35.7 Å². The van der Waals surface area contributed by atoms with Crippen molar-refractivity contribution >= 4 is 34.2 Å². The molecule has 0 aliphatic carbocycles. The molecular formula is C25H28N6O3. The van der Waals surface area contributed by atoms with E-state index in [2.05, 4.69) is 42.6 Å². The summed E-state index contributed by atoms with van der Waals surface area (Å²) >= 11 is 0. The molecule has 4 aromatic rings. The number of hydrogen-bond acceptors (Lipinski definition) is 8. The van der Waals surface area contributed by atoms with E-state index < -0.39 is 5.76 Å². The number of aromatic nitrogens is 3. The van der Waals surface area contributed by atoms with Crippen molar-refractivity contribution in [2.45, 2.75) is 26.2 Å². The number of nitrogens with zero attached hydrogens (tertiary/aromatic N) is 3. The lowest BCUT2D eigenvalue weighted by Crippen LogP contribution is -2.21. The van der Waals surface area contributed by atoms with E-state index in [1.165, 1.54) is 31.5 Å². The second-order valence-corrected chi connectivity index (χ2v) is 8.57. The zero-order chi connectivity index (χ0) is 23.5. The van der Waals surface area contributed by atoms with Gasteiger partial charge in [0.25, 0.3) is 0 Å². The first kappa shape index (κ1) is 22.0. The topological polar surface area (TPSA) is 108 Å². The summed E-state index contributed by atoms with van der Waals surface area (Å²) in [5.74, 6) is 1.47. The Balaban J connectivity index is 1.34. The molecular weight excluding hydrogens is 432 g/mol. The zero-order valence-corrected chi connectivity index (χ0v) is 19.4. The highest BCUT2D eigenvalue weighted by Crippen LogP contribution is 2.26. The Morgan fingerprint density at radius 3 is 2.79 bits per heavy atom. The molecule has 3 heterocycles. The quantitative estimate of drug-likeness (QED) is 0.356. The van der Waals surface area contributed by atoms with Crippen LogP contribution in [0.4, 0.5) is 23.1 Å². The highest BCUT2D eigenvalue weighted by atomic mass is 16.5. The number of rotatable bonds is 8. The number of nitrogens with one attached hydrogen (secondary N) is 3. The summed E-state index contributed by atoms with van der Waals surface area (Å²) in [7, 11) is 1.68. The Kier molecular flexibility index (Phi) is 6.18. The van der Waals surface area contributed by atoms with Crippen LogP contribution in [0.1, 0.15) is 24.0 Å². The number of aromatic amines is 1. The van der Waals surface area contributed by atoms with Crippen LogP contribution in [0.3, 0.4) is 0 Å². The Morgan fingerprint density at radius 1 is 1.12 bits per heavy atom. The Labute approximate surface area is 197 Å².